The van der Waals surface area contributed by atoms with Crippen LogP contribution in [0.5, 0.6) is 0 Å². The number of aromatic nitrogens is 1. The molecule has 2 heterocycles. The Morgan fingerprint density at radius 3 is 2.74 bits per heavy atom. The highest BCUT2D eigenvalue weighted by molar-refractivity contribution is 6.30. The number of pyridine rings is 1. The lowest BCUT2D eigenvalue weighted by atomic mass is 10.1. The number of nitrogens with zero attached hydrogens (tertiary/aromatic N) is 1. The van der Waals surface area contributed by atoms with Crippen LogP contribution in [0.15, 0.2) is 77.4 Å². The minimum absolute atomic E-state index is 0.136. The molecule has 2 aromatic heterocycles. The SMILES string of the molecule is O=C(NCCc1cccc(Cl)c1)c1cc(-c2ccco2)nc2ccccc12. The third-order valence-corrected chi connectivity index (χ3v) is 4.56. The van der Waals surface area contributed by atoms with Gasteiger partial charge in [-0.1, -0.05) is 41.9 Å². The number of carbonyl (C=O) groups excluding carboxylic acids is 1. The summed E-state index contributed by atoms with van der Waals surface area (Å²) in [5.74, 6) is 0.497. The maximum Gasteiger partial charge on any atom is 0.252 e. The summed E-state index contributed by atoms with van der Waals surface area (Å²) in [4.78, 5) is 17.5. The molecule has 0 atom stereocenters. The molecule has 4 aromatic rings. The van der Waals surface area contributed by atoms with E-state index < -0.39 is 0 Å². The summed E-state index contributed by atoms with van der Waals surface area (Å²) >= 11 is 6.01. The fraction of sp³-hybridized carbons (Fsp3) is 0.0909. The van der Waals surface area contributed by atoms with E-state index in [9.17, 15) is 4.79 Å². The predicted molar refractivity (Wildman–Crippen MR) is 107 cm³/mol. The topological polar surface area (TPSA) is 55.1 Å². The summed E-state index contributed by atoms with van der Waals surface area (Å²) in [6.45, 7) is 0.520. The molecule has 0 saturated heterocycles. The fourth-order valence-electron chi connectivity index (χ4n) is 3.02. The van der Waals surface area contributed by atoms with Crippen LogP contribution in [0.1, 0.15) is 15.9 Å². The van der Waals surface area contributed by atoms with Crippen molar-refractivity contribution in [2.24, 2.45) is 0 Å². The number of halogens is 1. The predicted octanol–water partition coefficient (Wildman–Crippen LogP) is 5.12. The van der Waals surface area contributed by atoms with Crippen molar-refractivity contribution in [3.63, 3.8) is 0 Å². The Morgan fingerprint density at radius 2 is 1.93 bits per heavy atom. The molecule has 0 aliphatic rings. The maximum atomic E-state index is 12.8. The fourth-order valence-corrected chi connectivity index (χ4v) is 3.23. The second kappa shape index (κ2) is 7.64. The van der Waals surface area contributed by atoms with Crippen molar-refractivity contribution in [3.8, 4) is 11.5 Å². The molecule has 2 aromatic carbocycles. The van der Waals surface area contributed by atoms with Gasteiger partial charge in [0, 0.05) is 17.0 Å². The summed E-state index contributed by atoms with van der Waals surface area (Å²) in [5, 5.41) is 4.50. The molecule has 1 amide bonds. The summed E-state index contributed by atoms with van der Waals surface area (Å²) in [5.41, 5.74) is 3.06. The van der Waals surface area contributed by atoms with Crippen LogP contribution in [0.4, 0.5) is 0 Å². The third kappa shape index (κ3) is 3.86. The number of carbonyl (C=O) groups is 1. The number of fused-ring (bicyclic) bond motifs is 1. The van der Waals surface area contributed by atoms with Crippen LogP contribution in [-0.4, -0.2) is 17.4 Å². The van der Waals surface area contributed by atoms with Crippen molar-refractivity contribution in [2.75, 3.05) is 6.54 Å². The average molecular weight is 377 g/mol. The van der Waals surface area contributed by atoms with E-state index in [1.807, 2.05) is 54.6 Å². The monoisotopic (exact) mass is 376 g/mol. The number of para-hydroxylation sites is 1. The third-order valence-electron chi connectivity index (χ3n) is 4.32. The van der Waals surface area contributed by atoms with E-state index in [0.29, 0.717) is 35.0 Å². The van der Waals surface area contributed by atoms with Crippen LogP contribution in [0, 0.1) is 0 Å². The number of hydrogen-bond acceptors (Lipinski definition) is 3. The molecule has 5 heteroatoms. The van der Waals surface area contributed by atoms with Gasteiger partial charge in [0.05, 0.1) is 17.3 Å². The van der Waals surface area contributed by atoms with Crippen LogP contribution in [-0.2, 0) is 6.42 Å². The number of furan rings is 1. The first-order chi connectivity index (χ1) is 13.2. The van der Waals surface area contributed by atoms with Gasteiger partial charge in [0.2, 0.25) is 0 Å². The highest BCUT2D eigenvalue weighted by atomic mass is 35.5. The van der Waals surface area contributed by atoms with Crippen LogP contribution in [0.25, 0.3) is 22.4 Å². The van der Waals surface area contributed by atoms with Gasteiger partial charge in [-0.2, -0.15) is 0 Å². The van der Waals surface area contributed by atoms with Crippen molar-refractivity contribution < 1.29 is 9.21 Å². The average Bonchev–Trinajstić information content (AvgIpc) is 3.22. The number of nitrogens with one attached hydrogen (secondary N) is 1. The van der Waals surface area contributed by atoms with Crippen molar-refractivity contribution in [1.29, 1.82) is 0 Å². The Hall–Kier alpha value is -3.11. The summed E-state index contributed by atoms with van der Waals surface area (Å²) in [7, 11) is 0. The van der Waals surface area contributed by atoms with E-state index >= 15 is 0 Å². The first-order valence-electron chi connectivity index (χ1n) is 8.67. The number of benzene rings is 2. The van der Waals surface area contributed by atoms with Gasteiger partial charge < -0.3 is 9.73 Å². The first kappa shape index (κ1) is 17.3. The molecule has 27 heavy (non-hydrogen) atoms. The van der Waals surface area contributed by atoms with Gasteiger partial charge in [-0.25, -0.2) is 4.98 Å². The Morgan fingerprint density at radius 1 is 1.04 bits per heavy atom. The van der Waals surface area contributed by atoms with Crippen LogP contribution < -0.4 is 5.32 Å². The van der Waals surface area contributed by atoms with Gasteiger partial charge in [0.1, 0.15) is 5.69 Å². The second-order valence-corrected chi connectivity index (χ2v) is 6.62. The summed E-state index contributed by atoms with van der Waals surface area (Å²) < 4.78 is 5.45. The summed E-state index contributed by atoms with van der Waals surface area (Å²) in [6, 6.07) is 20.7. The highest BCUT2D eigenvalue weighted by Crippen LogP contribution is 2.25. The summed E-state index contributed by atoms with van der Waals surface area (Å²) in [6.07, 6.45) is 2.30. The van der Waals surface area contributed by atoms with E-state index in [1.165, 1.54) is 0 Å². The number of amides is 1. The van der Waals surface area contributed by atoms with Crippen molar-refractivity contribution in [2.45, 2.75) is 6.42 Å². The van der Waals surface area contributed by atoms with Gasteiger partial charge in [-0.3, -0.25) is 4.79 Å². The molecule has 0 radical (unpaired) electrons. The Labute approximate surface area is 161 Å². The molecule has 4 nitrogen and oxygen atoms in total. The van der Waals surface area contributed by atoms with E-state index in [2.05, 4.69) is 10.3 Å². The largest absolute Gasteiger partial charge is 0.463 e. The minimum atomic E-state index is -0.136. The van der Waals surface area contributed by atoms with E-state index in [4.69, 9.17) is 16.0 Å². The molecule has 1 N–H and O–H groups in total. The molecular weight excluding hydrogens is 360 g/mol. The van der Waals surface area contributed by atoms with Gasteiger partial charge in [0.15, 0.2) is 5.76 Å². The Kier molecular flexibility index (Phi) is 4.90. The molecule has 0 aliphatic heterocycles. The number of hydrogen-bond donors (Lipinski definition) is 1. The van der Waals surface area contributed by atoms with Crippen molar-refractivity contribution in [3.05, 3.63) is 89.1 Å². The van der Waals surface area contributed by atoms with Gasteiger partial charge in [-0.15, -0.1) is 0 Å². The lowest BCUT2D eigenvalue weighted by molar-refractivity contribution is 0.0956. The van der Waals surface area contributed by atoms with E-state index in [0.717, 1.165) is 16.5 Å². The normalized spacial score (nSPS) is 10.9. The Bertz CT molecular complexity index is 1090. The van der Waals surface area contributed by atoms with E-state index in [-0.39, 0.29) is 5.91 Å². The zero-order valence-electron chi connectivity index (χ0n) is 14.5. The molecule has 0 fully saturated rings. The van der Waals surface area contributed by atoms with Gasteiger partial charge in [-0.05, 0) is 48.4 Å². The quantitative estimate of drug-likeness (QED) is 0.526. The van der Waals surface area contributed by atoms with Gasteiger partial charge >= 0.3 is 0 Å². The van der Waals surface area contributed by atoms with Crippen molar-refractivity contribution in [1.82, 2.24) is 10.3 Å². The maximum absolute atomic E-state index is 12.8. The minimum Gasteiger partial charge on any atom is -0.463 e. The molecule has 0 saturated carbocycles. The molecule has 0 unspecified atom stereocenters. The second-order valence-electron chi connectivity index (χ2n) is 6.19. The molecule has 0 bridgehead atoms. The number of rotatable bonds is 5. The molecule has 0 aliphatic carbocycles. The van der Waals surface area contributed by atoms with Crippen LogP contribution in [0.3, 0.4) is 0 Å². The standard InChI is InChI=1S/C22H17ClN2O2/c23-16-6-3-5-15(13-16)10-11-24-22(26)18-14-20(21-9-4-12-27-21)25-19-8-2-1-7-17(18)19/h1-9,12-14H,10-11H2,(H,24,26). The Balaban J connectivity index is 1.59. The zero-order valence-corrected chi connectivity index (χ0v) is 15.2. The molecule has 0 spiro atoms. The zero-order chi connectivity index (χ0) is 18.6. The van der Waals surface area contributed by atoms with Crippen LogP contribution in [0.2, 0.25) is 5.02 Å². The van der Waals surface area contributed by atoms with E-state index in [1.54, 1.807) is 18.4 Å². The first-order valence-corrected chi connectivity index (χ1v) is 9.05. The highest BCUT2D eigenvalue weighted by Gasteiger charge is 2.14. The lowest BCUT2D eigenvalue weighted by Gasteiger charge is -2.10. The molecule has 4 rings (SSSR count). The molecule has 134 valence electrons. The smallest absolute Gasteiger partial charge is 0.252 e. The van der Waals surface area contributed by atoms with Crippen molar-refractivity contribution >= 4 is 28.4 Å². The van der Waals surface area contributed by atoms with Crippen LogP contribution >= 0.6 is 11.6 Å². The van der Waals surface area contributed by atoms with Gasteiger partial charge in [0.25, 0.3) is 5.91 Å². The lowest BCUT2D eigenvalue weighted by Crippen LogP contribution is -2.26. The molecular formula is C22H17ClN2O2.